The van der Waals surface area contributed by atoms with E-state index in [1.807, 2.05) is 24.5 Å². The standard InChI is InChI=1S/C18H19NO2S/c1-21-16-10-8-15(9-11-16)17(20)12-18(22-2)19-13-14-6-4-3-5-7-14/h3-12,19H,13H2,1-2H3/b18-12-. The van der Waals surface area contributed by atoms with Gasteiger partial charge < -0.3 is 10.1 Å². The largest absolute Gasteiger partial charge is 0.497 e. The average Bonchev–Trinajstić information content (AvgIpc) is 2.59. The maximum Gasteiger partial charge on any atom is 0.188 e. The van der Waals surface area contributed by atoms with Gasteiger partial charge in [-0.15, -0.1) is 11.8 Å². The Kier molecular flexibility index (Phi) is 6.10. The maximum atomic E-state index is 12.3. The number of hydrogen-bond donors (Lipinski definition) is 1. The molecule has 0 amide bonds. The number of hydrogen-bond acceptors (Lipinski definition) is 4. The summed E-state index contributed by atoms with van der Waals surface area (Å²) in [5.41, 5.74) is 1.83. The Morgan fingerprint density at radius 1 is 1.14 bits per heavy atom. The van der Waals surface area contributed by atoms with E-state index in [2.05, 4.69) is 17.4 Å². The van der Waals surface area contributed by atoms with Crippen molar-refractivity contribution in [2.75, 3.05) is 13.4 Å². The number of carbonyl (C=O) groups is 1. The Hall–Kier alpha value is -2.20. The third-order valence-electron chi connectivity index (χ3n) is 3.17. The van der Waals surface area contributed by atoms with Gasteiger partial charge in [-0.3, -0.25) is 4.79 Å². The number of ketones is 1. The van der Waals surface area contributed by atoms with E-state index < -0.39 is 0 Å². The van der Waals surface area contributed by atoms with Crippen LogP contribution in [0.3, 0.4) is 0 Å². The van der Waals surface area contributed by atoms with Crippen LogP contribution < -0.4 is 10.1 Å². The minimum absolute atomic E-state index is 0.0208. The first-order valence-electron chi connectivity index (χ1n) is 6.95. The molecule has 0 fully saturated rings. The molecule has 0 radical (unpaired) electrons. The molecule has 0 saturated carbocycles. The number of nitrogens with one attached hydrogen (secondary N) is 1. The van der Waals surface area contributed by atoms with Gasteiger partial charge >= 0.3 is 0 Å². The van der Waals surface area contributed by atoms with Crippen molar-refractivity contribution < 1.29 is 9.53 Å². The smallest absolute Gasteiger partial charge is 0.188 e. The SMILES string of the molecule is COc1ccc(C(=O)/C=C(/NCc2ccccc2)SC)cc1. The molecule has 0 aliphatic heterocycles. The fourth-order valence-electron chi connectivity index (χ4n) is 1.92. The van der Waals surface area contributed by atoms with Crippen LogP contribution in [0.25, 0.3) is 0 Å². The quantitative estimate of drug-likeness (QED) is 0.622. The van der Waals surface area contributed by atoms with Gasteiger partial charge in [-0.1, -0.05) is 30.3 Å². The van der Waals surface area contributed by atoms with Gasteiger partial charge in [-0.05, 0) is 36.1 Å². The minimum Gasteiger partial charge on any atom is -0.497 e. The summed E-state index contributed by atoms with van der Waals surface area (Å²) in [5.74, 6) is 0.723. The number of carbonyl (C=O) groups excluding carboxylic acids is 1. The van der Waals surface area contributed by atoms with Crippen molar-refractivity contribution in [3.05, 3.63) is 76.8 Å². The van der Waals surface area contributed by atoms with Crippen molar-refractivity contribution in [3.63, 3.8) is 0 Å². The second-order valence-corrected chi connectivity index (χ2v) is 5.49. The van der Waals surface area contributed by atoms with Crippen LogP contribution in [0.4, 0.5) is 0 Å². The number of benzene rings is 2. The molecule has 0 bridgehead atoms. The molecule has 0 aliphatic rings. The van der Waals surface area contributed by atoms with E-state index in [1.54, 1.807) is 37.5 Å². The molecular formula is C18H19NO2S. The van der Waals surface area contributed by atoms with E-state index >= 15 is 0 Å². The molecule has 0 heterocycles. The maximum absolute atomic E-state index is 12.3. The molecule has 3 nitrogen and oxygen atoms in total. The van der Waals surface area contributed by atoms with Gasteiger partial charge in [0.1, 0.15) is 5.75 Å². The lowest BCUT2D eigenvalue weighted by atomic mass is 10.1. The molecule has 0 aromatic heterocycles. The molecular weight excluding hydrogens is 294 g/mol. The Morgan fingerprint density at radius 3 is 2.41 bits per heavy atom. The zero-order valence-electron chi connectivity index (χ0n) is 12.7. The van der Waals surface area contributed by atoms with Crippen molar-refractivity contribution >= 4 is 17.5 Å². The first-order valence-corrected chi connectivity index (χ1v) is 8.17. The molecule has 114 valence electrons. The Morgan fingerprint density at radius 2 is 1.82 bits per heavy atom. The summed E-state index contributed by atoms with van der Waals surface area (Å²) in [6.07, 6.45) is 3.58. The van der Waals surface area contributed by atoms with Gasteiger partial charge in [0.05, 0.1) is 12.1 Å². The van der Waals surface area contributed by atoms with Crippen molar-refractivity contribution in [1.29, 1.82) is 0 Å². The minimum atomic E-state index is -0.0208. The van der Waals surface area contributed by atoms with E-state index in [1.165, 1.54) is 17.3 Å². The normalized spacial score (nSPS) is 11.1. The van der Waals surface area contributed by atoms with Crippen LogP contribution >= 0.6 is 11.8 Å². The monoisotopic (exact) mass is 313 g/mol. The van der Waals surface area contributed by atoms with Crippen LogP contribution in [0.15, 0.2) is 65.7 Å². The van der Waals surface area contributed by atoms with Crippen molar-refractivity contribution in [1.82, 2.24) is 5.32 Å². The second-order valence-electron chi connectivity index (χ2n) is 4.64. The van der Waals surface area contributed by atoms with E-state index in [9.17, 15) is 4.79 Å². The van der Waals surface area contributed by atoms with Gasteiger partial charge in [0, 0.05) is 18.2 Å². The third-order valence-corrected chi connectivity index (χ3v) is 3.87. The zero-order chi connectivity index (χ0) is 15.8. The predicted molar refractivity (Wildman–Crippen MR) is 92.2 cm³/mol. The second kappa shape index (κ2) is 8.29. The van der Waals surface area contributed by atoms with Gasteiger partial charge in [-0.25, -0.2) is 0 Å². The molecule has 0 saturated heterocycles. The topological polar surface area (TPSA) is 38.3 Å². The highest BCUT2D eigenvalue weighted by atomic mass is 32.2. The van der Waals surface area contributed by atoms with E-state index in [0.717, 1.165) is 10.8 Å². The molecule has 0 spiro atoms. The molecule has 0 aliphatic carbocycles. The van der Waals surface area contributed by atoms with Gasteiger partial charge in [0.2, 0.25) is 0 Å². The molecule has 1 N–H and O–H groups in total. The summed E-state index contributed by atoms with van der Waals surface area (Å²) >= 11 is 1.52. The Labute approximate surface area is 135 Å². The van der Waals surface area contributed by atoms with Crippen molar-refractivity contribution in [3.8, 4) is 5.75 Å². The molecule has 0 unspecified atom stereocenters. The van der Waals surface area contributed by atoms with Crippen LogP contribution in [-0.2, 0) is 6.54 Å². The summed E-state index contributed by atoms with van der Waals surface area (Å²) < 4.78 is 5.10. The van der Waals surface area contributed by atoms with Crippen LogP contribution in [-0.4, -0.2) is 19.1 Å². The van der Waals surface area contributed by atoms with Crippen LogP contribution in [0.5, 0.6) is 5.75 Å². The number of methoxy groups -OCH3 is 1. The van der Waals surface area contributed by atoms with Crippen LogP contribution in [0.1, 0.15) is 15.9 Å². The van der Waals surface area contributed by atoms with Crippen molar-refractivity contribution in [2.24, 2.45) is 0 Å². The zero-order valence-corrected chi connectivity index (χ0v) is 13.5. The summed E-state index contributed by atoms with van der Waals surface area (Å²) in [6, 6.07) is 17.2. The van der Waals surface area contributed by atoms with E-state index in [0.29, 0.717) is 12.1 Å². The summed E-state index contributed by atoms with van der Waals surface area (Å²) in [5, 5.41) is 4.14. The molecule has 22 heavy (non-hydrogen) atoms. The summed E-state index contributed by atoms with van der Waals surface area (Å²) in [6.45, 7) is 0.698. The third kappa shape index (κ3) is 4.67. The number of ether oxygens (including phenoxy) is 1. The fourth-order valence-corrected chi connectivity index (χ4v) is 2.37. The van der Waals surface area contributed by atoms with Gasteiger partial charge in [0.25, 0.3) is 0 Å². The highest BCUT2D eigenvalue weighted by Gasteiger charge is 2.05. The number of thioether (sulfide) groups is 1. The first-order chi connectivity index (χ1) is 10.7. The summed E-state index contributed by atoms with van der Waals surface area (Å²) in [4.78, 5) is 12.3. The highest BCUT2D eigenvalue weighted by Crippen LogP contribution is 2.15. The molecule has 2 rings (SSSR count). The molecule has 0 atom stereocenters. The van der Waals surface area contributed by atoms with E-state index in [4.69, 9.17) is 4.74 Å². The number of rotatable bonds is 7. The lowest BCUT2D eigenvalue weighted by molar-refractivity contribution is 0.104. The average molecular weight is 313 g/mol. The first kappa shape index (κ1) is 16.2. The van der Waals surface area contributed by atoms with Gasteiger partial charge in [-0.2, -0.15) is 0 Å². The predicted octanol–water partition coefficient (Wildman–Crippen LogP) is 3.87. The van der Waals surface area contributed by atoms with Gasteiger partial charge in [0.15, 0.2) is 5.78 Å². The molecule has 2 aromatic carbocycles. The molecule has 2 aromatic rings. The lowest BCUT2D eigenvalue weighted by Gasteiger charge is -2.08. The number of allylic oxidation sites excluding steroid dienone is 1. The fraction of sp³-hybridized carbons (Fsp3) is 0.167. The van der Waals surface area contributed by atoms with E-state index in [-0.39, 0.29) is 5.78 Å². The van der Waals surface area contributed by atoms with Crippen LogP contribution in [0.2, 0.25) is 0 Å². The van der Waals surface area contributed by atoms with Crippen LogP contribution in [0, 0.1) is 0 Å². The van der Waals surface area contributed by atoms with Crippen molar-refractivity contribution in [2.45, 2.75) is 6.54 Å². The Bertz CT molecular complexity index is 636. The highest BCUT2D eigenvalue weighted by molar-refractivity contribution is 8.02. The Balaban J connectivity index is 2.02. The summed E-state index contributed by atoms with van der Waals surface area (Å²) in [7, 11) is 1.61. The lowest BCUT2D eigenvalue weighted by Crippen LogP contribution is -2.12. The molecule has 4 heteroatoms.